The lowest BCUT2D eigenvalue weighted by Crippen LogP contribution is -2.36. The second-order valence-corrected chi connectivity index (χ2v) is 7.76. The van der Waals surface area contributed by atoms with Crippen LogP contribution in [0.25, 0.3) is 0 Å². The molecule has 2 rings (SSSR count). The van der Waals surface area contributed by atoms with E-state index in [1.54, 1.807) is 0 Å². The highest BCUT2D eigenvalue weighted by molar-refractivity contribution is 6.31. The Morgan fingerprint density at radius 1 is 1.35 bits per heavy atom. The first kappa shape index (κ1) is 15.8. The van der Waals surface area contributed by atoms with E-state index in [2.05, 4.69) is 25.9 Å². The largest absolute Gasteiger partial charge is 0.393 e. The molecule has 0 saturated heterocycles. The Balaban J connectivity index is 2.14. The summed E-state index contributed by atoms with van der Waals surface area (Å²) in [5, 5.41) is 15.5. The van der Waals surface area contributed by atoms with Crippen molar-refractivity contribution in [2.45, 2.75) is 59.5 Å². The van der Waals surface area contributed by atoms with E-state index < -0.39 is 0 Å². The third-order valence-corrected chi connectivity index (χ3v) is 5.38. The lowest BCUT2D eigenvalue weighted by Gasteiger charge is -2.40. The molecular weight excluding hydrogens is 272 g/mol. The summed E-state index contributed by atoms with van der Waals surface area (Å²) in [7, 11) is 1.94. The van der Waals surface area contributed by atoms with E-state index in [0.717, 1.165) is 42.1 Å². The molecule has 1 N–H and O–H groups in total. The fourth-order valence-electron chi connectivity index (χ4n) is 3.40. The van der Waals surface area contributed by atoms with Gasteiger partial charge >= 0.3 is 0 Å². The van der Waals surface area contributed by atoms with E-state index in [9.17, 15) is 5.11 Å². The number of nitrogens with zero attached hydrogens (tertiary/aromatic N) is 2. The number of hydrogen-bond acceptors (Lipinski definition) is 2. The van der Waals surface area contributed by atoms with E-state index in [1.165, 1.54) is 0 Å². The molecule has 3 unspecified atom stereocenters. The summed E-state index contributed by atoms with van der Waals surface area (Å²) >= 11 is 6.34. The fraction of sp³-hybridized carbons (Fsp3) is 0.812. The maximum atomic E-state index is 10.3. The molecule has 0 spiro atoms. The van der Waals surface area contributed by atoms with Gasteiger partial charge in [0.25, 0.3) is 0 Å². The standard InChI is InChI=1S/C16H27ClN2O/c1-10-15(17)13(19(5)18-10)9-11-8-12(16(2,3)4)6-7-14(11)20/h11-12,14,20H,6-9H2,1-5H3. The molecule has 1 aliphatic carbocycles. The third-order valence-electron chi connectivity index (χ3n) is 4.88. The Kier molecular flexibility index (Phi) is 4.50. The van der Waals surface area contributed by atoms with Crippen molar-refractivity contribution in [1.82, 2.24) is 9.78 Å². The van der Waals surface area contributed by atoms with Gasteiger partial charge in [-0.1, -0.05) is 32.4 Å². The van der Waals surface area contributed by atoms with E-state index >= 15 is 0 Å². The van der Waals surface area contributed by atoms with Crippen LogP contribution in [-0.4, -0.2) is 21.0 Å². The van der Waals surface area contributed by atoms with E-state index in [0.29, 0.717) is 17.3 Å². The van der Waals surface area contributed by atoms with Gasteiger partial charge in [0, 0.05) is 7.05 Å². The Hall–Kier alpha value is -0.540. The summed E-state index contributed by atoms with van der Waals surface area (Å²) in [5.74, 6) is 0.962. The van der Waals surface area contributed by atoms with Crippen LogP contribution in [0.1, 0.15) is 51.4 Å². The van der Waals surface area contributed by atoms with Crippen LogP contribution in [-0.2, 0) is 13.5 Å². The highest BCUT2D eigenvalue weighted by atomic mass is 35.5. The smallest absolute Gasteiger partial charge is 0.0847 e. The first-order chi connectivity index (χ1) is 9.20. The van der Waals surface area contributed by atoms with Crippen LogP contribution in [0.4, 0.5) is 0 Å². The molecule has 1 aliphatic rings. The molecule has 3 atom stereocenters. The van der Waals surface area contributed by atoms with E-state index in [4.69, 9.17) is 11.6 Å². The monoisotopic (exact) mass is 298 g/mol. The highest BCUT2D eigenvalue weighted by Gasteiger charge is 2.35. The molecule has 20 heavy (non-hydrogen) atoms. The number of aliphatic hydroxyl groups is 1. The average Bonchev–Trinajstić information content (AvgIpc) is 2.57. The molecule has 0 radical (unpaired) electrons. The molecule has 1 heterocycles. The molecule has 1 saturated carbocycles. The SMILES string of the molecule is Cc1nn(C)c(CC2CC(C(C)(C)C)CCC2O)c1Cl. The lowest BCUT2D eigenvalue weighted by atomic mass is 9.67. The zero-order valence-corrected chi connectivity index (χ0v) is 14.0. The van der Waals surface area contributed by atoms with Gasteiger partial charge < -0.3 is 5.11 Å². The molecule has 1 aromatic heterocycles. The highest BCUT2D eigenvalue weighted by Crippen LogP contribution is 2.41. The van der Waals surface area contributed by atoms with Crippen molar-refractivity contribution >= 4 is 11.6 Å². The van der Waals surface area contributed by atoms with E-state index in [1.807, 2.05) is 18.7 Å². The van der Waals surface area contributed by atoms with Gasteiger partial charge in [0.15, 0.2) is 0 Å². The maximum Gasteiger partial charge on any atom is 0.0847 e. The zero-order valence-electron chi connectivity index (χ0n) is 13.3. The molecule has 1 aromatic rings. The van der Waals surface area contributed by atoms with Gasteiger partial charge in [-0.25, -0.2) is 0 Å². The van der Waals surface area contributed by atoms with Gasteiger partial charge in [-0.2, -0.15) is 5.10 Å². The van der Waals surface area contributed by atoms with E-state index in [-0.39, 0.29) is 6.10 Å². The summed E-state index contributed by atoms with van der Waals surface area (Å²) in [6.45, 7) is 8.83. The predicted molar refractivity (Wildman–Crippen MR) is 83.0 cm³/mol. The lowest BCUT2D eigenvalue weighted by molar-refractivity contribution is 0.0189. The summed E-state index contributed by atoms with van der Waals surface area (Å²) in [5.41, 5.74) is 2.24. The van der Waals surface area contributed by atoms with Gasteiger partial charge in [-0.3, -0.25) is 4.68 Å². The minimum Gasteiger partial charge on any atom is -0.393 e. The van der Waals surface area contributed by atoms with Gasteiger partial charge in [0.2, 0.25) is 0 Å². The van der Waals surface area contributed by atoms with Gasteiger partial charge in [-0.15, -0.1) is 0 Å². The summed E-state index contributed by atoms with van der Waals surface area (Å²) in [6.07, 6.45) is 3.72. The number of aromatic nitrogens is 2. The molecule has 1 fully saturated rings. The Morgan fingerprint density at radius 2 is 2.00 bits per heavy atom. The average molecular weight is 299 g/mol. The van der Waals surface area contributed by atoms with Crippen LogP contribution in [0.2, 0.25) is 5.02 Å². The first-order valence-electron chi connectivity index (χ1n) is 7.56. The molecule has 114 valence electrons. The number of aryl methyl sites for hydroxylation is 2. The zero-order chi connectivity index (χ0) is 15.1. The number of rotatable bonds is 2. The summed E-state index contributed by atoms with van der Waals surface area (Å²) in [4.78, 5) is 0. The molecule has 0 aromatic carbocycles. The maximum absolute atomic E-state index is 10.3. The normalized spacial score (nSPS) is 27.9. The minimum atomic E-state index is -0.208. The Bertz CT molecular complexity index is 476. The van der Waals surface area contributed by atoms with Crippen LogP contribution in [0.15, 0.2) is 0 Å². The minimum absolute atomic E-state index is 0.208. The summed E-state index contributed by atoms with van der Waals surface area (Å²) < 4.78 is 1.87. The Labute approximate surface area is 127 Å². The fourth-order valence-corrected chi connectivity index (χ4v) is 3.64. The van der Waals surface area contributed by atoms with Gasteiger partial charge in [0.1, 0.15) is 0 Å². The van der Waals surface area contributed by atoms with Crippen molar-refractivity contribution in [2.24, 2.45) is 24.3 Å². The van der Waals surface area contributed by atoms with Crippen molar-refractivity contribution in [3.8, 4) is 0 Å². The second kappa shape index (κ2) is 5.69. The molecule has 3 nitrogen and oxygen atoms in total. The van der Waals surface area contributed by atoms with Crippen LogP contribution < -0.4 is 0 Å². The molecule has 4 heteroatoms. The van der Waals surface area contributed by atoms with Crippen LogP contribution in [0.3, 0.4) is 0 Å². The van der Waals surface area contributed by atoms with Crippen LogP contribution >= 0.6 is 11.6 Å². The van der Waals surface area contributed by atoms with Crippen molar-refractivity contribution in [1.29, 1.82) is 0 Å². The molecule has 0 amide bonds. The topological polar surface area (TPSA) is 38.0 Å². The second-order valence-electron chi connectivity index (χ2n) is 7.38. The van der Waals surface area contributed by atoms with Crippen molar-refractivity contribution in [2.75, 3.05) is 0 Å². The molecule has 0 aliphatic heterocycles. The number of hydrogen-bond donors (Lipinski definition) is 1. The van der Waals surface area contributed by atoms with Crippen molar-refractivity contribution in [3.63, 3.8) is 0 Å². The van der Waals surface area contributed by atoms with Crippen molar-refractivity contribution in [3.05, 3.63) is 16.4 Å². The quantitative estimate of drug-likeness (QED) is 0.903. The molecular formula is C16H27ClN2O. The predicted octanol–water partition coefficient (Wildman–Crippen LogP) is 3.75. The molecule has 0 bridgehead atoms. The Morgan fingerprint density at radius 3 is 2.50 bits per heavy atom. The number of aliphatic hydroxyl groups excluding tert-OH is 1. The van der Waals surface area contributed by atoms with Crippen LogP contribution in [0, 0.1) is 24.2 Å². The summed E-state index contributed by atoms with van der Waals surface area (Å²) in [6, 6.07) is 0. The number of halogens is 1. The van der Waals surface area contributed by atoms with Gasteiger partial charge in [0.05, 0.1) is 22.5 Å². The van der Waals surface area contributed by atoms with Gasteiger partial charge in [-0.05, 0) is 49.9 Å². The first-order valence-corrected chi connectivity index (χ1v) is 7.94. The third kappa shape index (κ3) is 3.20. The van der Waals surface area contributed by atoms with Crippen LogP contribution in [0.5, 0.6) is 0 Å². The van der Waals surface area contributed by atoms with Crippen molar-refractivity contribution < 1.29 is 5.11 Å².